The first-order valence-electron chi connectivity index (χ1n) is 11.8. The number of hydrogen-bond acceptors (Lipinski definition) is 5. The summed E-state index contributed by atoms with van der Waals surface area (Å²) in [6.45, 7) is 29.0. The van der Waals surface area contributed by atoms with E-state index in [1.54, 1.807) is 0 Å². The highest BCUT2D eigenvalue weighted by molar-refractivity contribution is 7.58. The fraction of sp³-hybridized carbons (Fsp3) is 0.913. The first kappa shape index (κ1) is 29.3. The van der Waals surface area contributed by atoms with Gasteiger partial charge >= 0.3 is 7.60 Å². The third-order valence-corrected chi connectivity index (χ3v) is 18.5. The van der Waals surface area contributed by atoms with Crippen molar-refractivity contribution in [2.75, 3.05) is 13.2 Å². The van der Waals surface area contributed by atoms with E-state index in [1.807, 2.05) is 13.8 Å². The molecule has 0 saturated carbocycles. The monoisotopic (exact) mass is 492 g/mol. The van der Waals surface area contributed by atoms with E-state index in [-0.39, 0.29) is 28.2 Å². The van der Waals surface area contributed by atoms with Gasteiger partial charge in [0.2, 0.25) is 0 Å². The third-order valence-electron chi connectivity index (χ3n) is 7.21. The second-order valence-corrected chi connectivity index (χ2v) is 23.3. The van der Waals surface area contributed by atoms with Gasteiger partial charge in [0.05, 0.1) is 30.7 Å². The SMILES string of the molecule is CCOP(=O)(OCC)C1=C[C@@H](C)[C@H](O[Si](C)(C)C(C)(C)C)C[C@@H]1O[Si](C)(C)C(C)(C)C. The molecule has 8 heteroatoms. The van der Waals surface area contributed by atoms with Crippen LogP contribution in [-0.4, -0.2) is 42.1 Å². The van der Waals surface area contributed by atoms with E-state index in [2.05, 4.69) is 80.7 Å². The van der Waals surface area contributed by atoms with Crippen LogP contribution in [0.3, 0.4) is 0 Å². The molecule has 0 N–H and O–H groups in total. The van der Waals surface area contributed by atoms with Gasteiger partial charge in [-0.1, -0.05) is 54.5 Å². The van der Waals surface area contributed by atoms with Crippen molar-refractivity contribution in [3.8, 4) is 0 Å². The van der Waals surface area contributed by atoms with Crippen LogP contribution in [0.1, 0.15) is 68.7 Å². The second kappa shape index (κ2) is 10.2. The molecule has 1 aliphatic rings. The van der Waals surface area contributed by atoms with Crippen LogP contribution in [0, 0.1) is 5.92 Å². The first-order valence-corrected chi connectivity index (χ1v) is 19.1. The van der Waals surface area contributed by atoms with Crippen molar-refractivity contribution in [2.45, 2.75) is 117 Å². The molecule has 0 aromatic carbocycles. The Hall–Kier alpha value is 0.244. The van der Waals surface area contributed by atoms with Gasteiger partial charge in [-0.2, -0.15) is 0 Å². The van der Waals surface area contributed by atoms with E-state index in [0.29, 0.717) is 24.9 Å². The highest BCUT2D eigenvalue weighted by Crippen LogP contribution is 2.61. The van der Waals surface area contributed by atoms with Gasteiger partial charge < -0.3 is 17.9 Å². The number of hydrogen-bond donors (Lipinski definition) is 0. The van der Waals surface area contributed by atoms with Gasteiger partial charge in [0.25, 0.3) is 0 Å². The molecule has 0 amide bonds. The molecule has 0 heterocycles. The van der Waals surface area contributed by atoms with Crippen LogP contribution in [0.15, 0.2) is 11.4 Å². The maximum atomic E-state index is 13.8. The summed E-state index contributed by atoms with van der Waals surface area (Å²) in [6.07, 6.45) is 2.44. The van der Waals surface area contributed by atoms with Crippen LogP contribution in [0.5, 0.6) is 0 Å². The van der Waals surface area contributed by atoms with E-state index >= 15 is 0 Å². The van der Waals surface area contributed by atoms with Gasteiger partial charge in [-0.05, 0) is 50.1 Å². The normalized spacial score (nSPS) is 24.3. The van der Waals surface area contributed by atoms with E-state index in [4.69, 9.17) is 17.9 Å². The molecule has 0 fully saturated rings. The van der Waals surface area contributed by atoms with E-state index in [0.717, 1.165) is 0 Å². The summed E-state index contributed by atoms with van der Waals surface area (Å²) in [5, 5.41) is 0.847. The first-order chi connectivity index (χ1) is 13.8. The van der Waals surface area contributed by atoms with Crippen molar-refractivity contribution in [1.82, 2.24) is 0 Å². The molecule has 0 radical (unpaired) electrons. The van der Waals surface area contributed by atoms with Gasteiger partial charge in [-0.15, -0.1) is 0 Å². The molecule has 3 atom stereocenters. The molecule has 0 aliphatic heterocycles. The highest BCUT2D eigenvalue weighted by Gasteiger charge is 2.48. The lowest BCUT2D eigenvalue weighted by Crippen LogP contribution is -2.50. The molecule has 0 spiro atoms. The van der Waals surface area contributed by atoms with Crippen LogP contribution in [0.25, 0.3) is 0 Å². The Labute approximate surface area is 194 Å². The van der Waals surface area contributed by atoms with Crippen LogP contribution in [-0.2, 0) is 22.5 Å². The maximum Gasteiger partial charge on any atom is 0.359 e. The summed E-state index contributed by atoms with van der Waals surface area (Å²) < 4.78 is 39.0. The van der Waals surface area contributed by atoms with Crippen molar-refractivity contribution in [1.29, 1.82) is 0 Å². The standard InChI is InChI=1S/C23H49O5PSi2/c1-14-25-29(24,26-15-2)21-16-18(3)19(27-30(10,11)22(4,5)6)17-20(21)28-31(12,13)23(7,8)9/h16,18-20H,14-15,17H2,1-13H3/t18-,19-,20+/m1/s1. The van der Waals surface area contributed by atoms with E-state index < -0.39 is 24.2 Å². The fourth-order valence-corrected chi connectivity index (χ4v) is 7.97. The summed E-state index contributed by atoms with van der Waals surface area (Å²) in [5.74, 6) is 0.109. The smallest absolute Gasteiger partial charge is 0.359 e. The molecule has 0 saturated heterocycles. The van der Waals surface area contributed by atoms with Gasteiger partial charge in [-0.3, -0.25) is 4.57 Å². The minimum absolute atomic E-state index is 0.0242. The Bertz CT molecular complexity index is 666. The molecule has 31 heavy (non-hydrogen) atoms. The van der Waals surface area contributed by atoms with Gasteiger partial charge in [0.15, 0.2) is 16.6 Å². The van der Waals surface area contributed by atoms with Crippen molar-refractivity contribution >= 4 is 24.2 Å². The average molecular weight is 493 g/mol. The zero-order chi connectivity index (χ0) is 24.5. The van der Waals surface area contributed by atoms with E-state index in [9.17, 15) is 4.57 Å². The predicted molar refractivity (Wildman–Crippen MR) is 137 cm³/mol. The van der Waals surface area contributed by atoms with Gasteiger partial charge in [0.1, 0.15) is 0 Å². The maximum absolute atomic E-state index is 13.8. The molecular formula is C23H49O5PSi2. The van der Waals surface area contributed by atoms with Gasteiger partial charge in [-0.25, -0.2) is 0 Å². The minimum atomic E-state index is -3.42. The summed E-state index contributed by atoms with van der Waals surface area (Å²) in [6, 6.07) is 0. The largest absolute Gasteiger partial charge is 0.413 e. The average Bonchev–Trinajstić information content (AvgIpc) is 2.55. The Morgan fingerprint density at radius 3 is 1.71 bits per heavy atom. The van der Waals surface area contributed by atoms with Crippen LogP contribution >= 0.6 is 7.60 Å². The van der Waals surface area contributed by atoms with Crippen LogP contribution in [0.2, 0.25) is 36.3 Å². The molecule has 0 aromatic heterocycles. The summed E-state index contributed by atoms with van der Waals surface area (Å²) in [4.78, 5) is 0. The third kappa shape index (κ3) is 7.11. The lowest BCUT2D eigenvalue weighted by molar-refractivity contribution is 0.0752. The summed E-state index contributed by atoms with van der Waals surface area (Å²) >= 11 is 0. The molecule has 1 rings (SSSR count). The van der Waals surface area contributed by atoms with Crippen molar-refractivity contribution < 1.29 is 22.5 Å². The molecule has 5 nitrogen and oxygen atoms in total. The Balaban J connectivity index is 3.43. The molecule has 0 unspecified atom stereocenters. The van der Waals surface area contributed by atoms with Crippen molar-refractivity contribution in [2.24, 2.45) is 5.92 Å². The zero-order valence-electron chi connectivity index (χ0n) is 22.4. The Kier molecular flexibility index (Phi) is 9.68. The summed E-state index contributed by atoms with van der Waals surface area (Å²) in [5.41, 5.74) is 0. The highest BCUT2D eigenvalue weighted by atomic mass is 31.2. The Morgan fingerprint density at radius 1 is 0.903 bits per heavy atom. The fourth-order valence-electron chi connectivity index (χ4n) is 3.18. The molecule has 1 aliphatic carbocycles. The zero-order valence-corrected chi connectivity index (χ0v) is 25.3. The van der Waals surface area contributed by atoms with E-state index in [1.165, 1.54) is 0 Å². The topological polar surface area (TPSA) is 54.0 Å². The van der Waals surface area contributed by atoms with Crippen molar-refractivity contribution in [3.05, 3.63) is 11.4 Å². The molecular weight excluding hydrogens is 443 g/mol. The lowest BCUT2D eigenvalue weighted by Gasteiger charge is -2.46. The molecule has 184 valence electrons. The number of rotatable bonds is 9. The second-order valence-electron chi connectivity index (χ2n) is 11.8. The van der Waals surface area contributed by atoms with Crippen LogP contribution in [0.4, 0.5) is 0 Å². The molecule has 0 aromatic rings. The predicted octanol–water partition coefficient (Wildman–Crippen LogP) is 7.96. The minimum Gasteiger partial charge on any atom is -0.413 e. The molecule has 0 bridgehead atoms. The van der Waals surface area contributed by atoms with Crippen molar-refractivity contribution in [3.63, 3.8) is 0 Å². The lowest BCUT2D eigenvalue weighted by atomic mass is 9.92. The Morgan fingerprint density at radius 2 is 1.32 bits per heavy atom. The van der Waals surface area contributed by atoms with Gasteiger partial charge in [0, 0.05) is 12.3 Å². The quantitative estimate of drug-likeness (QED) is 0.241. The summed E-state index contributed by atoms with van der Waals surface area (Å²) in [7, 11) is -7.51. The van der Waals surface area contributed by atoms with Crippen LogP contribution < -0.4 is 0 Å².